The molecule has 9 nitrogen and oxygen atoms in total. The number of rotatable bonds is 8. The zero-order valence-corrected chi connectivity index (χ0v) is 22.3. The van der Waals surface area contributed by atoms with Crippen LogP contribution in [0.25, 0.3) is 5.76 Å². The number of hydrogen-bond acceptors (Lipinski definition) is 8. The third-order valence-electron chi connectivity index (χ3n) is 6.52. The van der Waals surface area contributed by atoms with E-state index in [0.717, 1.165) is 5.69 Å². The number of likely N-dealkylation sites (tertiary alicyclic amines) is 1. The van der Waals surface area contributed by atoms with Crippen LogP contribution in [-0.2, 0) is 9.59 Å². The fourth-order valence-electron chi connectivity index (χ4n) is 4.62. The monoisotopic (exact) mass is 509 g/mol. The van der Waals surface area contributed by atoms with Crippen LogP contribution in [0.1, 0.15) is 31.0 Å². The van der Waals surface area contributed by atoms with E-state index in [1.807, 2.05) is 44.8 Å². The van der Waals surface area contributed by atoms with Crippen molar-refractivity contribution in [1.29, 1.82) is 0 Å². The third kappa shape index (κ3) is 5.22. The molecule has 2 heterocycles. The number of fused-ring (bicyclic) bond motifs is 1. The van der Waals surface area contributed by atoms with Crippen molar-refractivity contribution in [3.05, 3.63) is 53.1 Å². The molecule has 4 rings (SSSR count). The van der Waals surface area contributed by atoms with Gasteiger partial charge in [0.15, 0.2) is 11.5 Å². The fourth-order valence-corrected chi connectivity index (χ4v) is 4.62. The molecule has 2 aliphatic heterocycles. The first-order valence-electron chi connectivity index (χ1n) is 12.4. The number of ketones is 1. The van der Waals surface area contributed by atoms with Gasteiger partial charge in [0.05, 0.1) is 37.1 Å². The Kier molecular flexibility index (Phi) is 7.63. The first kappa shape index (κ1) is 26.3. The van der Waals surface area contributed by atoms with Crippen LogP contribution in [0.15, 0.2) is 42.0 Å². The molecule has 198 valence electrons. The highest BCUT2D eigenvalue weighted by Crippen LogP contribution is 2.43. The van der Waals surface area contributed by atoms with Crippen molar-refractivity contribution in [2.24, 2.45) is 0 Å². The summed E-state index contributed by atoms with van der Waals surface area (Å²) in [7, 11) is 7.29. The number of Topliss-reactive ketones (excluding diaryl/α,β-unsaturated/α-hetero) is 1. The fraction of sp³-hybridized carbons (Fsp3) is 0.429. The number of benzene rings is 2. The Balaban J connectivity index is 1.85. The molecule has 0 radical (unpaired) electrons. The average molecular weight is 510 g/mol. The minimum absolute atomic E-state index is 0.0441. The molecule has 37 heavy (non-hydrogen) atoms. The van der Waals surface area contributed by atoms with Crippen molar-refractivity contribution in [1.82, 2.24) is 9.80 Å². The zero-order valence-electron chi connectivity index (χ0n) is 22.3. The molecule has 1 N–H and O–H groups in total. The lowest BCUT2D eigenvalue weighted by Crippen LogP contribution is -2.35. The molecule has 2 aromatic carbocycles. The molecule has 1 amide bonds. The molecule has 2 aliphatic rings. The molecule has 0 aliphatic carbocycles. The van der Waals surface area contributed by atoms with E-state index in [-0.39, 0.29) is 17.4 Å². The Bertz CT molecular complexity index is 1220. The van der Waals surface area contributed by atoms with Crippen molar-refractivity contribution in [3.63, 3.8) is 0 Å². The Morgan fingerprint density at radius 1 is 1.16 bits per heavy atom. The van der Waals surface area contributed by atoms with Crippen molar-refractivity contribution >= 4 is 23.1 Å². The van der Waals surface area contributed by atoms with Crippen LogP contribution < -0.4 is 19.1 Å². The van der Waals surface area contributed by atoms with Crippen LogP contribution in [0.2, 0.25) is 0 Å². The van der Waals surface area contributed by atoms with Crippen molar-refractivity contribution in [2.75, 3.05) is 59.4 Å². The SMILES string of the molecule is COc1cc(C2/C(=C(\O)c3ccc4c(c3)N(C)CCO4)C(=O)C(=O)N2CCN(C)C)ccc1OC(C)C. The van der Waals surface area contributed by atoms with Crippen LogP contribution in [0.3, 0.4) is 0 Å². The van der Waals surface area contributed by atoms with Gasteiger partial charge in [-0.2, -0.15) is 0 Å². The first-order chi connectivity index (χ1) is 17.6. The van der Waals surface area contributed by atoms with E-state index >= 15 is 0 Å². The second-order valence-electron chi connectivity index (χ2n) is 9.83. The topological polar surface area (TPSA) is 91.8 Å². The van der Waals surface area contributed by atoms with E-state index in [9.17, 15) is 14.7 Å². The number of aliphatic hydroxyl groups is 1. The highest BCUT2D eigenvalue weighted by atomic mass is 16.5. The molecule has 1 unspecified atom stereocenters. The number of anilines is 1. The first-order valence-corrected chi connectivity index (χ1v) is 12.4. The van der Waals surface area contributed by atoms with Crippen molar-refractivity contribution in [3.8, 4) is 17.2 Å². The summed E-state index contributed by atoms with van der Waals surface area (Å²) in [6, 6.07) is 9.82. The van der Waals surface area contributed by atoms with Gasteiger partial charge in [0, 0.05) is 25.7 Å². The lowest BCUT2D eigenvalue weighted by Gasteiger charge is -2.28. The molecule has 0 spiro atoms. The Hall–Kier alpha value is -3.72. The smallest absolute Gasteiger partial charge is 0.295 e. The predicted octanol–water partition coefficient (Wildman–Crippen LogP) is 3.29. The van der Waals surface area contributed by atoms with Crippen LogP contribution in [0.4, 0.5) is 5.69 Å². The van der Waals surface area contributed by atoms with Gasteiger partial charge in [-0.15, -0.1) is 0 Å². The summed E-state index contributed by atoms with van der Waals surface area (Å²) in [6.07, 6.45) is -0.0587. The number of carbonyl (C=O) groups is 2. The van der Waals surface area contributed by atoms with E-state index in [1.54, 1.807) is 43.5 Å². The van der Waals surface area contributed by atoms with E-state index in [1.165, 1.54) is 4.90 Å². The molecule has 9 heteroatoms. The molecule has 0 bridgehead atoms. The normalized spacial score (nSPS) is 18.9. The number of ether oxygens (including phenoxy) is 3. The second kappa shape index (κ2) is 10.7. The van der Waals surface area contributed by atoms with Gasteiger partial charge in [-0.05, 0) is 63.8 Å². The highest BCUT2D eigenvalue weighted by Gasteiger charge is 2.46. The third-order valence-corrected chi connectivity index (χ3v) is 6.52. The molecule has 1 fully saturated rings. The maximum atomic E-state index is 13.4. The average Bonchev–Trinajstić information content (AvgIpc) is 3.12. The maximum absolute atomic E-state index is 13.4. The molecule has 2 aromatic rings. The lowest BCUT2D eigenvalue weighted by molar-refractivity contribution is -0.140. The summed E-state index contributed by atoms with van der Waals surface area (Å²) < 4.78 is 17.1. The number of amides is 1. The number of carbonyl (C=O) groups excluding carboxylic acids is 2. The highest BCUT2D eigenvalue weighted by molar-refractivity contribution is 6.46. The quantitative estimate of drug-likeness (QED) is 0.329. The van der Waals surface area contributed by atoms with Gasteiger partial charge < -0.3 is 34.0 Å². The van der Waals surface area contributed by atoms with Gasteiger partial charge >= 0.3 is 0 Å². The number of methoxy groups -OCH3 is 1. The van der Waals surface area contributed by atoms with Crippen LogP contribution >= 0.6 is 0 Å². The predicted molar refractivity (Wildman–Crippen MR) is 142 cm³/mol. The van der Waals surface area contributed by atoms with E-state index in [0.29, 0.717) is 54.6 Å². The largest absolute Gasteiger partial charge is 0.507 e. The van der Waals surface area contributed by atoms with Crippen LogP contribution in [0.5, 0.6) is 17.2 Å². The summed E-state index contributed by atoms with van der Waals surface area (Å²) in [6.45, 7) is 5.98. The van der Waals surface area contributed by atoms with Gasteiger partial charge in [-0.3, -0.25) is 9.59 Å². The summed E-state index contributed by atoms with van der Waals surface area (Å²) >= 11 is 0. The van der Waals surface area contributed by atoms with E-state index < -0.39 is 17.7 Å². The summed E-state index contributed by atoms with van der Waals surface area (Å²) in [5.41, 5.74) is 1.94. The Labute approximate surface area is 217 Å². The number of aliphatic hydroxyl groups excluding tert-OH is 1. The van der Waals surface area contributed by atoms with E-state index in [4.69, 9.17) is 14.2 Å². The summed E-state index contributed by atoms with van der Waals surface area (Å²) in [5, 5.41) is 11.5. The molecule has 0 aromatic heterocycles. The van der Waals surface area contributed by atoms with Crippen LogP contribution in [0, 0.1) is 0 Å². The number of likely N-dealkylation sites (N-methyl/N-ethyl adjacent to an activating group) is 2. The van der Waals surface area contributed by atoms with Gasteiger partial charge in [0.1, 0.15) is 18.1 Å². The van der Waals surface area contributed by atoms with Crippen LogP contribution in [-0.4, -0.2) is 87.2 Å². The summed E-state index contributed by atoms with van der Waals surface area (Å²) in [5.74, 6) is 0.164. The number of hydrogen-bond donors (Lipinski definition) is 1. The second-order valence-corrected chi connectivity index (χ2v) is 9.83. The lowest BCUT2D eigenvalue weighted by atomic mass is 9.94. The molecule has 1 saturated heterocycles. The maximum Gasteiger partial charge on any atom is 0.295 e. The number of nitrogens with zero attached hydrogens (tertiary/aromatic N) is 3. The summed E-state index contributed by atoms with van der Waals surface area (Å²) in [4.78, 5) is 32.1. The Morgan fingerprint density at radius 3 is 2.59 bits per heavy atom. The van der Waals surface area contributed by atoms with Crippen molar-refractivity contribution in [2.45, 2.75) is 26.0 Å². The van der Waals surface area contributed by atoms with Gasteiger partial charge in [-0.1, -0.05) is 6.07 Å². The van der Waals surface area contributed by atoms with Gasteiger partial charge in [-0.25, -0.2) is 0 Å². The molecule has 0 saturated carbocycles. The molecule has 1 atom stereocenters. The standard InChI is InChI=1S/C28H35N3O6/c1-17(2)37-22-10-7-18(16-23(22)35-6)25-24(27(33)28(34)31(25)12-11-29(3)4)26(32)19-8-9-21-20(15-19)30(5)13-14-36-21/h7-10,15-17,25,32H,11-14H2,1-6H3/b26-24+. The minimum atomic E-state index is -0.785. The van der Waals surface area contributed by atoms with E-state index in [2.05, 4.69) is 0 Å². The van der Waals surface area contributed by atoms with Gasteiger partial charge in [0.2, 0.25) is 0 Å². The molecular formula is C28H35N3O6. The molecular weight excluding hydrogens is 474 g/mol. The minimum Gasteiger partial charge on any atom is -0.507 e. The zero-order chi connectivity index (χ0) is 26.9. The van der Waals surface area contributed by atoms with Crippen molar-refractivity contribution < 1.29 is 28.9 Å². The Morgan fingerprint density at radius 2 is 1.92 bits per heavy atom. The van der Waals surface area contributed by atoms with Gasteiger partial charge in [0.25, 0.3) is 11.7 Å².